The number of rotatable bonds is 3. The molecule has 1 aliphatic heterocycles. The number of piperazine rings is 1. The van der Waals surface area contributed by atoms with Crippen molar-refractivity contribution in [2.24, 2.45) is 5.92 Å². The normalized spacial score (nSPS) is 19.4. The first-order chi connectivity index (χ1) is 16.6. The SMILES string of the molecule is CC1CN(c2nc3ccccc3c3nnc(-c4ccc(Cl)cc4)n23)CCN1C(=O)C1CCCC1. The van der Waals surface area contributed by atoms with E-state index < -0.39 is 0 Å². The first-order valence-electron chi connectivity index (χ1n) is 12.1. The molecule has 0 spiro atoms. The van der Waals surface area contributed by atoms with Crippen molar-refractivity contribution in [2.75, 3.05) is 24.5 Å². The van der Waals surface area contributed by atoms with Gasteiger partial charge in [-0.25, -0.2) is 9.38 Å². The minimum atomic E-state index is 0.112. The number of anilines is 1. The van der Waals surface area contributed by atoms with Crippen molar-refractivity contribution < 1.29 is 4.79 Å². The van der Waals surface area contributed by atoms with Gasteiger partial charge in [0.05, 0.1) is 5.52 Å². The lowest BCUT2D eigenvalue weighted by Gasteiger charge is -2.41. The van der Waals surface area contributed by atoms with Crippen molar-refractivity contribution in [2.45, 2.75) is 38.6 Å². The summed E-state index contributed by atoms with van der Waals surface area (Å²) in [4.78, 5) is 22.5. The molecule has 0 radical (unpaired) electrons. The molecule has 2 fully saturated rings. The largest absolute Gasteiger partial charge is 0.338 e. The lowest BCUT2D eigenvalue weighted by Crippen LogP contribution is -2.55. The van der Waals surface area contributed by atoms with Gasteiger partial charge in [-0.3, -0.25) is 4.79 Å². The van der Waals surface area contributed by atoms with Crippen molar-refractivity contribution >= 4 is 40.0 Å². The zero-order valence-electron chi connectivity index (χ0n) is 19.2. The summed E-state index contributed by atoms with van der Waals surface area (Å²) in [5, 5.41) is 10.8. The second-order valence-electron chi connectivity index (χ2n) is 9.43. The predicted molar refractivity (Wildman–Crippen MR) is 134 cm³/mol. The van der Waals surface area contributed by atoms with Gasteiger partial charge in [0.15, 0.2) is 11.5 Å². The van der Waals surface area contributed by atoms with Crippen LogP contribution in [0.1, 0.15) is 32.6 Å². The first-order valence-corrected chi connectivity index (χ1v) is 12.4. The summed E-state index contributed by atoms with van der Waals surface area (Å²) < 4.78 is 2.05. The molecule has 1 amide bonds. The van der Waals surface area contributed by atoms with E-state index in [-0.39, 0.29) is 12.0 Å². The number of benzene rings is 2. The lowest BCUT2D eigenvalue weighted by atomic mass is 10.0. The Balaban J connectivity index is 1.41. The van der Waals surface area contributed by atoms with Crippen LogP contribution >= 0.6 is 11.6 Å². The van der Waals surface area contributed by atoms with Crippen LogP contribution in [0.15, 0.2) is 48.5 Å². The van der Waals surface area contributed by atoms with Crippen LogP contribution in [0.25, 0.3) is 27.9 Å². The predicted octanol–water partition coefficient (Wildman–Crippen LogP) is 4.83. The average Bonchev–Trinajstić information content (AvgIpc) is 3.55. The molecule has 4 aromatic rings. The Bertz CT molecular complexity index is 1360. The summed E-state index contributed by atoms with van der Waals surface area (Å²) >= 11 is 6.13. The molecule has 2 aliphatic rings. The van der Waals surface area contributed by atoms with Gasteiger partial charge in [0.2, 0.25) is 11.9 Å². The summed E-state index contributed by atoms with van der Waals surface area (Å²) in [5.74, 6) is 2.07. The molecule has 0 bridgehead atoms. The molecule has 174 valence electrons. The summed E-state index contributed by atoms with van der Waals surface area (Å²) in [6.07, 6.45) is 4.41. The fourth-order valence-electron chi connectivity index (χ4n) is 5.44. The monoisotopic (exact) mass is 474 g/mol. The number of hydrogen-bond acceptors (Lipinski definition) is 5. The fraction of sp³-hybridized carbons (Fsp3) is 0.385. The number of amides is 1. The van der Waals surface area contributed by atoms with Crippen molar-refractivity contribution in [3.8, 4) is 11.4 Å². The highest BCUT2D eigenvalue weighted by molar-refractivity contribution is 6.30. The first kappa shape index (κ1) is 21.4. The Morgan fingerprint density at radius 2 is 1.76 bits per heavy atom. The molecule has 7 nitrogen and oxygen atoms in total. The molecule has 1 saturated carbocycles. The van der Waals surface area contributed by atoms with Crippen LogP contribution in [0.3, 0.4) is 0 Å². The zero-order valence-corrected chi connectivity index (χ0v) is 19.9. The Hall–Kier alpha value is -3.19. The van der Waals surface area contributed by atoms with Crippen molar-refractivity contribution in [3.63, 3.8) is 0 Å². The minimum absolute atomic E-state index is 0.112. The van der Waals surface area contributed by atoms with Crippen LogP contribution in [0, 0.1) is 5.92 Å². The Labute approximate surface area is 203 Å². The molecule has 2 aromatic carbocycles. The van der Waals surface area contributed by atoms with Crippen LogP contribution in [-0.4, -0.2) is 56.1 Å². The molecular weight excluding hydrogens is 448 g/mol. The molecule has 6 rings (SSSR count). The summed E-state index contributed by atoms with van der Waals surface area (Å²) in [6, 6.07) is 15.8. The molecule has 3 heterocycles. The molecule has 0 N–H and O–H groups in total. The van der Waals surface area contributed by atoms with Gasteiger partial charge in [-0.2, -0.15) is 0 Å². The van der Waals surface area contributed by atoms with E-state index in [0.29, 0.717) is 17.5 Å². The average molecular weight is 475 g/mol. The van der Waals surface area contributed by atoms with Gasteiger partial charge in [-0.05, 0) is 56.2 Å². The number of para-hydroxylation sites is 1. The maximum Gasteiger partial charge on any atom is 0.226 e. The van der Waals surface area contributed by atoms with Gasteiger partial charge in [-0.1, -0.05) is 36.6 Å². The van der Waals surface area contributed by atoms with Crippen LogP contribution < -0.4 is 4.90 Å². The van der Waals surface area contributed by atoms with Crippen molar-refractivity contribution in [1.82, 2.24) is 24.5 Å². The second kappa shape index (κ2) is 8.55. The Kier molecular flexibility index (Phi) is 5.37. The highest BCUT2D eigenvalue weighted by Crippen LogP contribution is 2.31. The maximum absolute atomic E-state index is 13.1. The number of fused-ring (bicyclic) bond motifs is 3. The number of hydrogen-bond donors (Lipinski definition) is 0. The van der Waals surface area contributed by atoms with Crippen molar-refractivity contribution in [3.05, 3.63) is 53.6 Å². The number of halogens is 1. The molecule has 1 unspecified atom stereocenters. The van der Waals surface area contributed by atoms with E-state index in [9.17, 15) is 4.79 Å². The topological polar surface area (TPSA) is 66.6 Å². The van der Waals surface area contributed by atoms with E-state index >= 15 is 0 Å². The maximum atomic E-state index is 13.1. The Morgan fingerprint density at radius 1 is 1.00 bits per heavy atom. The van der Waals surface area contributed by atoms with Crippen LogP contribution in [0.2, 0.25) is 5.02 Å². The fourth-order valence-corrected chi connectivity index (χ4v) is 5.56. The summed E-state index contributed by atoms with van der Waals surface area (Å²) in [5.41, 5.74) is 2.60. The van der Waals surface area contributed by atoms with Crippen LogP contribution in [0.4, 0.5) is 5.95 Å². The second-order valence-corrected chi connectivity index (χ2v) is 9.86. The highest BCUT2D eigenvalue weighted by atomic mass is 35.5. The zero-order chi connectivity index (χ0) is 23.2. The van der Waals surface area contributed by atoms with Crippen molar-refractivity contribution in [1.29, 1.82) is 0 Å². The summed E-state index contributed by atoms with van der Waals surface area (Å²) in [6.45, 7) is 4.28. The molecular formula is C26H27ClN6O. The van der Waals surface area contributed by atoms with E-state index in [2.05, 4.69) is 26.9 Å². The minimum Gasteiger partial charge on any atom is -0.338 e. The smallest absolute Gasteiger partial charge is 0.226 e. The number of carbonyl (C=O) groups is 1. The van der Waals surface area contributed by atoms with Gasteiger partial charge in [0.1, 0.15) is 0 Å². The third-order valence-electron chi connectivity index (χ3n) is 7.23. The van der Waals surface area contributed by atoms with E-state index in [0.717, 1.165) is 59.8 Å². The van der Waals surface area contributed by atoms with Crippen LogP contribution in [-0.2, 0) is 4.79 Å². The Morgan fingerprint density at radius 3 is 2.53 bits per heavy atom. The van der Waals surface area contributed by atoms with E-state index in [1.807, 2.05) is 52.9 Å². The molecule has 1 atom stereocenters. The molecule has 2 aromatic heterocycles. The summed E-state index contributed by atoms with van der Waals surface area (Å²) in [7, 11) is 0. The van der Waals surface area contributed by atoms with Gasteiger partial charge in [0, 0.05) is 47.6 Å². The molecule has 8 heteroatoms. The highest BCUT2D eigenvalue weighted by Gasteiger charge is 2.34. The quantitative estimate of drug-likeness (QED) is 0.425. The third kappa shape index (κ3) is 3.59. The number of aromatic nitrogens is 4. The van der Waals surface area contributed by atoms with Gasteiger partial charge >= 0.3 is 0 Å². The van der Waals surface area contributed by atoms with Crippen LogP contribution in [0.5, 0.6) is 0 Å². The number of nitrogens with zero attached hydrogens (tertiary/aromatic N) is 6. The molecule has 1 saturated heterocycles. The standard InChI is InChI=1S/C26H27ClN6O/c1-17-16-31(14-15-32(17)25(34)19-6-2-3-7-19)26-28-22-9-5-4-8-21(22)24-30-29-23(33(24)26)18-10-12-20(27)13-11-18/h4-5,8-13,17,19H,2-3,6-7,14-16H2,1H3. The van der Waals surface area contributed by atoms with Gasteiger partial charge in [0.25, 0.3) is 0 Å². The molecule has 34 heavy (non-hydrogen) atoms. The third-order valence-corrected chi connectivity index (χ3v) is 7.48. The van der Waals surface area contributed by atoms with Gasteiger partial charge < -0.3 is 9.80 Å². The van der Waals surface area contributed by atoms with E-state index in [1.54, 1.807) is 0 Å². The van der Waals surface area contributed by atoms with E-state index in [4.69, 9.17) is 16.6 Å². The molecule has 1 aliphatic carbocycles. The number of carbonyl (C=O) groups excluding carboxylic acids is 1. The van der Waals surface area contributed by atoms with Gasteiger partial charge in [-0.15, -0.1) is 10.2 Å². The lowest BCUT2D eigenvalue weighted by molar-refractivity contribution is -0.137. The van der Waals surface area contributed by atoms with E-state index in [1.165, 1.54) is 12.8 Å².